The zero-order valence-corrected chi connectivity index (χ0v) is 14.3. The normalized spacial score (nSPS) is 13.7. The van der Waals surface area contributed by atoms with Gasteiger partial charge in [-0.2, -0.15) is 0 Å². The number of hydrogen-bond donors (Lipinski definition) is 2. The first-order valence-corrected chi connectivity index (χ1v) is 8.44. The van der Waals surface area contributed by atoms with Crippen molar-refractivity contribution in [2.75, 3.05) is 11.9 Å². The summed E-state index contributed by atoms with van der Waals surface area (Å²) in [6.07, 6.45) is 1.68. The second kappa shape index (κ2) is 6.87. The Labute approximate surface area is 155 Å². The molecule has 2 aromatic carbocycles. The molecule has 0 bridgehead atoms. The number of nitrogens with one attached hydrogen (secondary N) is 2. The van der Waals surface area contributed by atoms with Crippen LogP contribution in [0.3, 0.4) is 0 Å². The van der Waals surface area contributed by atoms with Crippen molar-refractivity contribution < 1.29 is 14.4 Å². The van der Waals surface area contributed by atoms with E-state index in [1.54, 1.807) is 36.5 Å². The molecule has 134 valence electrons. The number of imide groups is 1. The van der Waals surface area contributed by atoms with E-state index in [9.17, 15) is 14.4 Å². The van der Waals surface area contributed by atoms with Gasteiger partial charge < -0.3 is 10.6 Å². The lowest BCUT2D eigenvalue weighted by Gasteiger charge is -2.13. The Bertz CT molecular complexity index is 1030. The molecule has 27 heavy (non-hydrogen) atoms. The minimum atomic E-state index is -0.398. The third-order valence-electron chi connectivity index (χ3n) is 4.37. The Morgan fingerprint density at radius 1 is 1.07 bits per heavy atom. The number of aromatic nitrogens is 1. The van der Waals surface area contributed by atoms with E-state index in [0.717, 1.165) is 21.4 Å². The SMILES string of the molecule is O=C(Nc1cccc2cccnc12)c1ccc(CN2C(=O)CNC2=O)cc1. The van der Waals surface area contributed by atoms with E-state index in [4.69, 9.17) is 0 Å². The molecule has 2 N–H and O–H groups in total. The van der Waals surface area contributed by atoms with Crippen LogP contribution >= 0.6 is 0 Å². The van der Waals surface area contributed by atoms with Gasteiger partial charge in [-0.25, -0.2) is 4.79 Å². The number of hydrogen-bond acceptors (Lipinski definition) is 4. The van der Waals surface area contributed by atoms with Crippen molar-refractivity contribution in [3.8, 4) is 0 Å². The number of nitrogens with zero attached hydrogens (tertiary/aromatic N) is 2. The maximum absolute atomic E-state index is 12.6. The molecule has 0 aliphatic carbocycles. The monoisotopic (exact) mass is 360 g/mol. The summed E-state index contributed by atoms with van der Waals surface area (Å²) in [4.78, 5) is 41.3. The summed E-state index contributed by atoms with van der Waals surface area (Å²) in [5.41, 5.74) is 2.61. The van der Waals surface area contributed by atoms with Crippen molar-refractivity contribution >= 4 is 34.4 Å². The molecular weight excluding hydrogens is 344 g/mol. The Hall–Kier alpha value is -3.74. The van der Waals surface area contributed by atoms with Gasteiger partial charge in [-0.3, -0.25) is 19.5 Å². The second-order valence-corrected chi connectivity index (χ2v) is 6.17. The smallest absolute Gasteiger partial charge is 0.324 e. The highest BCUT2D eigenvalue weighted by Gasteiger charge is 2.28. The van der Waals surface area contributed by atoms with Gasteiger partial charge in [0.2, 0.25) is 5.91 Å². The lowest BCUT2D eigenvalue weighted by molar-refractivity contribution is -0.125. The fourth-order valence-electron chi connectivity index (χ4n) is 2.96. The van der Waals surface area contributed by atoms with E-state index in [0.29, 0.717) is 11.3 Å². The van der Waals surface area contributed by atoms with Crippen molar-refractivity contribution in [3.63, 3.8) is 0 Å². The fraction of sp³-hybridized carbons (Fsp3) is 0.100. The molecule has 0 spiro atoms. The summed E-state index contributed by atoms with van der Waals surface area (Å²) in [6.45, 7) is 0.207. The van der Waals surface area contributed by atoms with Gasteiger partial charge in [-0.15, -0.1) is 0 Å². The maximum atomic E-state index is 12.6. The highest BCUT2D eigenvalue weighted by Crippen LogP contribution is 2.21. The number of carbonyl (C=O) groups excluding carboxylic acids is 3. The van der Waals surface area contributed by atoms with Crippen LogP contribution in [0.25, 0.3) is 10.9 Å². The van der Waals surface area contributed by atoms with Gasteiger partial charge in [0.25, 0.3) is 5.91 Å². The van der Waals surface area contributed by atoms with Gasteiger partial charge in [-0.05, 0) is 29.8 Å². The molecule has 3 aromatic rings. The molecule has 0 radical (unpaired) electrons. The second-order valence-electron chi connectivity index (χ2n) is 6.17. The van der Waals surface area contributed by atoms with Gasteiger partial charge in [-0.1, -0.05) is 30.3 Å². The molecule has 2 heterocycles. The third kappa shape index (κ3) is 3.35. The third-order valence-corrected chi connectivity index (χ3v) is 4.37. The predicted molar refractivity (Wildman–Crippen MR) is 100 cm³/mol. The number of rotatable bonds is 4. The Morgan fingerprint density at radius 2 is 1.85 bits per heavy atom. The summed E-state index contributed by atoms with van der Waals surface area (Å²) in [5, 5.41) is 6.30. The Balaban J connectivity index is 1.49. The quantitative estimate of drug-likeness (QED) is 0.700. The van der Waals surface area contributed by atoms with Crippen molar-refractivity contribution in [2.24, 2.45) is 0 Å². The molecule has 1 aliphatic heterocycles. The maximum Gasteiger partial charge on any atom is 0.324 e. The molecule has 0 atom stereocenters. The first-order valence-electron chi connectivity index (χ1n) is 8.44. The van der Waals surface area contributed by atoms with E-state index in [2.05, 4.69) is 15.6 Å². The molecule has 7 nitrogen and oxygen atoms in total. The largest absolute Gasteiger partial charge is 0.329 e. The first-order chi connectivity index (χ1) is 13.1. The highest BCUT2D eigenvalue weighted by atomic mass is 16.2. The van der Waals surface area contributed by atoms with Gasteiger partial charge in [0.15, 0.2) is 0 Å². The van der Waals surface area contributed by atoms with Crippen LogP contribution in [-0.4, -0.2) is 34.3 Å². The molecule has 0 unspecified atom stereocenters. The standard InChI is InChI=1S/C20H16N4O3/c25-17-11-22-20(27)24(17)12-13-6-8-15(9-7-13)19(26)23-16-5-1-3-14-4-2-10-21-18(14)16/h1-10H,11-12H2,(H,22,27)(H,23,26). The molecule has 4 amide bonds. The molecule has 1 saturated heterocycles. The first kappa shape index (κ1) is 16.7. The molecule has 1 fully saturated rings. The summed E-state index contributed by atoms with van der Waals surface area (Å²) in [6, 6.07) is 15.8. The summed E-state index contributed by atoms with van der Waals surface area (Å²) in [7, 11) is 0. The van der Waals surface area contributed by atoms with Gasteiger partial charge in [0.1, 0.15) is 0 Å². The minimum Gasteiger partial charge on any atom is -0.329 e. The molecule has 0 saturated carbocycles. The van der Waals surface area contributed by atoms with Crippen LogP contribution in [0.5, 0.6) is 0 Å². The topological polar surface area (TPSA) is 91.4 Å². The Kier molecular flexibility index (Phi) is 4.25. The van der Waals surface area contributed by atoms with Crippen molar-refractivity contribution in [2.45, 2.75) is 6.54 Å². The number of benzene rings is 2. The summed E-state index contributed by atoms with van der Waals surface area (Å²) in [5.74, 6) is -0.514. The minimum absolute atomic E-state index is 0.0262. The van der Waals surface area contributed by atoms with E-state index in [1.807, 2.05) is 24.3 Å². The van der Waals surface area contributed by atoms with Crippen LogP contribution in [0.1, 0.15) is 15.9 Å². The van der Waals surface area contributed by atoms with Crippen LogP contribution in [-0.2, 0) is 11.3 Å². The van der Waals surface area contributed by atoms with Crippen molar-refractivity contribution in [1.29, 1.82) is 0 Å². The number of urea groups is 1. The number of para-hydroxylation sites is 1. The van der Waals surface area contributed by atoms with Gasteiger partial charge in [0, 0.05) is 17.1 Å². The van der Waals surface area contributed by atoms with Crippen LogP contribution < -0.4 is 10.6 Å². The number of carbonyl (C=O) groups is 3. The lowest BCUT2D eigenvalue weighted by atomic mass is 10.1. The predicted octanol–water partition coefficient (Wildman–Crippen LogP) is 2.54. The lowest BCUT2D eigenvalue weighted by Crippen LogP contribution is -2.30. The summed E-state index contributed by atoms with van der Waals surface area (Å²) >= 11 is 0. The van der Waals surface area contributed by atoms with E-state index >= 15 is 0 Å². The van der Waals surface area contributed by atoms with Gasteiger partial charge >= 0.3 is 6.03 Å². The van der Waals surface area contributed by atoms with Crippen LogP contribution in [0.15, 0.2) is 60.8 Å². The van der Waals surface area contributed by atoms with E-state index in [-0.39, 0.29) is 24.9 Å². The molecule has 1 aliphatic rings. The number of fused-ring (bicyclic) bond motifs is 1. The molecule has 1 aromatic heterocycles. The fourth-order valence-corrected chi connectivity index (χ4v) is 2.96. The summed E-state index contributed by atoms with van der Waals surface area (Å²) < 4.78 is 0. The van der Waals surface area contributed by atoms with Crippen molar-refractivity contribution in [1.82, 2.24) is 15.2 Å². The zero-order chi connectivity index (χ0) is 18.8. The average molecular weight is 360 g/mol. The number of anilines is 1. The zero-order valence-electron chi connectivity index (χ0n) is 14.3. The highest BCUT2D eigenvalue weighted by molar-refractivity contribution is 6.08. The molecular formula is C20H16N4O3. The van der Waals surface area contributed by atoms with E-state index in [1.165, 1.54) is 0 Å². The number of pyridine rings is 1. The van der Waals surface area contributed by atoms with Crippen LogP contribution in [0.2, 0.25) is 0 Å². The molecule has 4 rings (SSSR count). The number of amides is 4. The van der Waals surface area contributed by atoms with Crippen LogP contribution in [0, 0.1) is 0 Å². The van der Waals surface area contributed by atoms with Crippen molar-refractivity contribution in [3.05, 3.63) is 71.9 Å². The van der Waals surface area contributed by atoms with Gasteiger partial charge in [0.05, 0.1) is 24.3 Å². The molecule has 7 heteroatoms. The Morgan fingerprint density at radius 3 is 2.59 bits per heavy atom. The average Bonchev–Trinajstić information content (AvgIpc) is 3.01. The van der Waals surface area contributed by atoms with E-state index < -0.39 is 6.03 Å². The van der Waals surface area contributed by atoms with Crippen LogP contribution in [0.4, 0.5) is 10.5 Å².